The largest absolute Gasteiger partial charge is 0.486 e. The van der Waals surface area contributed by atoms with Crippen LogP contribution in [-0.2, 0) is 4.74 Å². The maximum atomic E-state index is 12.5. The number of esters is 1. The third kappa shape index (κ3) is 3.24. The third-order valence-electron chi connectivity index (χ3n) is 2.96. The zero-order chi connectivity index (χ0) is 15.2. The van der Waals surface area contributed by atoms with Crippen LogP contribution < -0.4 is 10.2 Å². The molecule has 1 heterocycles. The highest BCUT2D eigenvalue weighted by Crippen LogP contribution is 2.22. The van der Waals surface area contributed by atoms with Gasteiger partial charge in [0.05, 0.1) is 18.6 Å². The fourth-order valence-corrected chi connectivity index (χ4v) is 1.91. The molecule has 0 aliphatic rings. The number of unbranched alkanes of at least 4 members (excludes halogenated alkanes) is 1. The predicted molar refractivity (Wildman–Crippen MR) is 78.8 cm³/mol. The Labute approximate surface area is 122 Å². The van der Waals surface area contributed by atoms with Crippen molar-refractivity contribution in [1.29, 1.82) is 0 Å². The summed E-state index contributed by atoms with van der Waals surface area (Å²) in [6, 6.07) is 6.75. The van der Waals surface area contributed by atoms with Crippen LogP contribution in [0.5, 0.6) is 5.75 Å². The Morgan fingerprint density at radius 2 is 2.00 bits per heavy atom. The van der Waals surface area contributed by atoms with Crippen LogP contribution in [0, 0.1) is 0 Å². The van der Waals surface area contributed by atoms with Crippen LogP contribution in [-0.4, -0.2) is 19.2 Å². The van der Waals surface area contributed by atoms with Crippen molar-refractivity contribution >= 4 is 16.9 Å². The number of fused-ring (bicyclic) bond motifs is 1. The van der Waals surface area contributed by atoms with Gasteiger partial charge in [0.1, 0.15) is 5.58 Å². The SMILES string of the molecule is CCCCOc1c(C(=O)OCC)oc2ccccc2c1=O. The summed E-state index contributed by atoms with van der Waals surface area (Å²) in [5.41, 5.74) is -0.00981. The average molecular weight is 290 g/mol. The number of rotatable bonds is 6. The van der Waals surface area contributed by atoms with Gasteiger partial charge in [0.25, 0.3) is 5.76 Å². The fourth-order valence-electron chi connectivity index (χ4n) is 1.91. The quantitative estimate of drug-likeness (QED) is 0.604. The molecule has 1 aromatic carbocycles. The second-order valence-corrected chi connectivity index (χ2v) is 4.51. The van der Waals surface area contributed by atoms with Crippen LogP contribution in [0.2, 0.25) is 0 Å². The molecule has 2 aromatic rings. The second-order valence-electron chi connectivity index (χ2n) is 4.51. The summed E-state index contributed by atoms with van der Waals surface area (Å²) in [7, 11) is 0. The molecule has 112 valence electrons. The van der Waals surface area contributed by atoms with E-state index in [9.17, 15) is 9.59 Å². The first-order valence-electron chi connectivity index (χ1n) is 7.04. The minimum absolute atomic E-state index is 0.0689. The van der Waals surface area contributed by atoms with Crippen LogP contribution in [0.15, 0.2) is 33.5 Å². The first-order chi connectivity index (χ1) is 10.2. The predicted octanol–water partition coefficient (Wildman–Crippen LogP) is 3.15. The number of hydrogen-bond donors (Lipinski definition) is 0. The number of carbonyl (C=O) groups is 1. The molecule has 0 aliphatic carbocycles. The number of benzene rings is 1. The van der Waals surface area contributed by atoms with E-state index < -0.39 is 5.97 Å². The van der Waals surface area contributed by atoms with Gasteiger partial charge in [0.2, 0.25) is 11.2 Å². The highest BCUT2D eigenvalue weighted by molar-refractivity contribution is 5.92. The van der Waals surface area contributed by atoms with Gasteiger partial charge in [-0.2, -0.15) is 0 Å². The van der Waals surface area contributed by atoms with Crippen LogP contribution in [0.25, 0.3) is 11.0 Å². The maximum Gasteiger partial charge on any atom is 0.378 e. The molecule has 0 radical (unpaired) electrons. The van der Waals surface area contributed by atoms with E-state index in [0.717, 1.165) is 12.8 Å². The molecule has 1 aromatic heterocycles. The lowest BCUT2D eigenvalue weighted by molar-refractivity contribution is 0.0483. The van der Waals surface area contributed by atoms with E-state index in [4.69, 9.17) is 13.9 Å². The lowest BCUT2D eigenvalue weighted by Gasteiger charge is -2.10. The lowest BCUT2D eigenvalue weighted by Crippen LogP contribution is -2.16. The van der Waals surface area contributed by atoms with E-state index >= 15 is 0 Å². The van der Waals surface area contributed by atoms with Crippen molar-refractivity contribution in [3.63, 3.8) is 0 Å². The first kappa shape index (κ1) is 15.1. The van der Waals surface area contributed by atoms with Gasteiger partial charge in [0, 0.05) is 0 Å². The fraction of sp³-hybridized carbons (Fsp3) is 0.375. The van der Waals surface area contributed by atoms with Crippen LogP contribution in [0.1, 0.15) is 37.2 Å². The Kier molecular flexibility index (Phi) is 4.98. The highest BCUT2D eigenvalue weighted by Gasteiger charge is 2.22. The van der Waals surface area contributed by atoms with Crippen molar-refractivity contribution in [1.82, 2.24) is 0 Å². The van der Waals surface area contributed by atoms with E-state index in [1.165, 1.54) is 0 Å². The normalized spacial score (nSPS) is 10.6. The molecule has 0 fully saturated rings. The molecular formula is C16H18O5. The number of carbonyl (C=O) groups excluding carboxylic acids is 1. The van der Waals surface area contributed by atoms with Gasteiger partial charge in [-0.25, -0.2) is 4.79 Å². The number of para-hydroxylation sites is 1. The van der Waals surface area contributed by atoms with Crippen molar-refractivity contribution in [2.45, 2.75) is 26.7 Å². The minimum atomic E-state index is -0.688. The monoisotopic (exact) mass is 290 g/mol. The van der Waals surface area contributed by atoms with Crippen molar-refractivity contribution in [2.75, 3.05) is 13.2 Å². The second kappa shape index (κ2) is 6.92. The molecule has 0 spiro atoms. The Bertz CT molecular complexity index is 687. The molecule has 0 bridgehead atoms. The summed E-state index contributed by atoms with van der Waals surface area (Å²) < 4.78 is 15.9. The van der Waals surface area contributed by atoms with E-state index in [2.05, 4.69) is 0 Å². The standard InChI is InChI=1S/C16H18O5/c1-3-5-10-20-14-13(17)11-8-6-7-9-12(11)21-15(14)16(18)19-4-2/h6-9H,3-5,10H2,1-2H3. The molecule has 21 heavy (non-hydrogen) atoms. The maximum absolute atomic E-state index is 12.5. The molecule has 0 saturated heterocycles. The molecule has 0 unspecified atom stereocenters. The van der Waals surface area contributed by atoms with Gasteiger partial charge >= 0.3 is 5.97 Å². The highest BCUT2D eigenvalue weighted by atomic mass is 16.6. The molecule has 0 amide bonds. The van der Waals surface area contributed by atoms with Gasteiger partial charge in [-0.1, -0.05) is 25.5 Å². The third-order valence-corrected chi connectivity index (χ3v) is 2.96. The molecule has 5 heteroatoms. The van der Waals surface area contributed by atoms with Gasteiger partial charge in [-0.15, -0.1) is 0 Å². The zero-order valence-electron chi connectivity index (χ0n) is 12.2. The number of ether oxygens (including phenoxy) is 2. The van der Waals surface area contributed by atoms with Crippen molar-refractivity contribution in [3.05, 3.63) is 40.2 Å². The molecule has 0 aliphatic heterocycles. The Hall–Kier alpha value is -2.30. The zero-order valence-corrected chi connectivity index (χ0v) is 12.2. The molecule has 0 N–H and O–H groups in total. The van der Waals surface area contributed by atoms with Gasteiger partial charge in [-0.05, 0) is 25.5 Å². The summed E-state index contributed by atoms with van der Waals surface area (Å²) in [4.78, 5) is 24.4. The first-order valence-corrected chi connectivity index (χ1v) is 7.04. The Balaban J connectivity index is 2.54. The van der Waals surface area contributed by atoms with E-state index in [0.29, 0.717) is 17.6 Å². The summed E-state index contributed by atoms with van der Waals surface area (Å²) >= 11 is 0. The smallest absolute Gasteiger partial charge is 0.378 e. The van der Waals surface area contributed by atoms with Crippen molar-refractivity contribution < 1.29 is 18.7 Å². The Morgan fingerprint density at radius 3 is 2.71 bits per heavy atom. The molecular weight excluding hydrogens is 272 g/mol. The summed E-state index contributed by atoms with van der Waals surface area (Å²) in [5, 5.41) is 0.386. The summed E-state index contributed by atoms with van der Waals surface area (Å²) in [6.07, 6.45) is 1.71. The van der Waals surface area contributed by atoms with Crippen molar-refractivity contribution in [2.24, 2.45) is 0 Å². The van der Waals surface area contributed by atoms with Crippen LogP contribution in [0.3, 0.4) is 0 Å². The van der Waals surface area contributed by atoms with Gasteiger partial charge < -0.3 is 13.9 Å². The van der Waals surface area contributed by atoms with E-state index in [1.807, 2.05) is 6.92 Å². The van der Waals surface area contributed by atoms with Crippen LogP contribution in [0.4, 0.5) is 0 Å². The number of hydrogen-bond acceptors (Lipinski definition) is 5. The Morgan fingerprint density at radius 1 is 1.24 bits per heavy atom. The summed E-state index contributed by atoms with van der Waals surface area (Å²) in [6.45, 7) is 4.25. The van der Waals surface area contributed by atoms with Gasteiger partial charge in [-0.3, -0.25) is 4.79 Å². The molecule has 2 rings (SSSR count). The summed E-state index contributed by atoms with van der Waals surface area (Å²) in [5.74, 6) is -0.927. The average Bonchev–Trinajstić information content (AvgIpc) is 2.49. The van der Waals surface area contributed by atoms with Crippen molar-refractivity contribution in [3.8, 4) is 5.75 Å². The molecule has 0 saturated carbocycles. The minimum Gasteiger partial charge on any atom is -0.486 e. The van der Waals surface area contributed by atoms with E-state index in [-0.39, 0.29) is 23.5 Å². The van der Waals surface area contributed by atoms with E-state index in [1.54, 1.807) is 31.2 Å². The lowest BCUT2D eigenvalue weighted by atomic mass is 10.2. The van der Waals surface area contributed by atoms with Crippen LogP contribution >= 0.6 is 0 Å². The topological polar surface area (TPSA) is 65.7 Å². The molecule has 5 nitrogen and oxygen atoms in total. The van der Waals surface area contributed by atoms with Gasteiger partial charge in [0.15, 0.2) is 0 Å². The molecule has 0 atom stereocenters.